The Morgan fingerprint density at radius 2 is 1.83 bits per heavy atom. The second-order valence-electron chi connectivity index (χ2n) is 5.05. The van der Waals surface area contributed by atoms with Gasteiger partial charge in [-0.3, -0.25) is 0 Å². The van der Waals surface area contributed by atoms with Crippen molar-refractivity contribution in [1.82, 2.24) is 9.55 Å². The van der Waals surface area contributed by atoms with Crippen molar-refractivity contribution in [2.75, 3.05) is 0 Å². The van der Waals surface area contributed by atoms with Gasteiger partial charge in [0.25, 0.3) is 0 Å². The molecule has 0 aliphatic rings. The van der Waals surface area contributed by atoms with Crippen LogP contribution in [0.25, 0.3) is 11.4 Å². The van der Waals surface area contributed by atoms with E-state index in [1.165, 1.54) is 18.3 Å². The lowest BCUT2D eigenvalue weighted by Gasteiger charge is -2.14. The first-order valence-corrected chi connectivity index (χ1v) is 7.66. The summed E-state index contributed by atoms with van der Waals surface area (Å²) in [6.07, 6.45) is -1.22. The third-order valence-corrected chi connectivity index (χ3v) is 3.92. The second kappa shape index (κ2) is 6.20. The Kier molecular flexibility index (Phi) is 4.26. The summed E-state index contributed by atoms with van der Waals surface area (Å²) in [6.45, 7) is 0.445. The highest BCUT2D eigenvalue weighted by atomic mass is 79.9. The van der Waals surface area contributed by atoms with Crippen LogP contribution in [0.5, 0.6) is 0 Å². The van der Waals surface area contributed by atoms with Gasteiger partial charge in [0.15, 0.2) is 0 Å². The van der Waals surface area contributed by atoms with Gasteiger partial charge in [-0.15, -0.1) is 0 Å². The molecule has 1 aromatic heterocycles. The van der Waals surface area contributed by atoms with Crippen LogP contribution in [0.4, 0.5) is 13.2 Å². The summed E-state index contributed by atoms with van der Waals surface area (Å²) in [5.41, 5.74) is 0.379. The molecule has 0 aliphatic heterocycles. The fourth-order valence-corrected chi connectivity index (χ4v) is 2.88. The highest BCUT2D eigenvalue weighted by Crippen LogP contribution is 2.36. The van der Waals surface area contributed by atoms with E-state index in [4.69, 9.17) is 0 Å². The van der Waals surface area contributed by atoms with E-state index in [0.717, 1.165) is 16.1 Å². The lowest BCUT2D eigenvalue weighted by atomic mass is 10.1. The lowest BCUT2D eigenvalue weighted by Crippen LogP contribution is -2.09. The maximum atomic E-state index is 13.2. The van der Waals surface area contributed by atoms with E-state index in [-0.39, 0.29) is 5.56 Å². The van der Waals surface area contributed by atoms with Crippen LogP contribution >= 0.6 is 15.9 Å². The van der Waals surface area contributed by atoms with Crippen molar-refractivity contribution in [1.29, 1.82) is 0 Å². The zero-order valence-corrected chi connectivity index (χ0v) is 13.5. The summed E-state index contributed by atoms with van der Waals surface area (Å²) >= 11 is 3.39. The largest absolute Gasteiger partial charge is 0.417 e. The zero-order valence-electron chi connectivity index (χ0n) is 11.9. The minimum absolute atomic E-state index is 0.0833. The smallest absolute Gasteiger partial charge is 0.327 e. The highest BCUT2D eigenvalue weighted by molar-refractivity contribution is 9.10. The van der Waals surface area contributed by atoms with Crippen LogP contribution in [0, 0.1) is 0 Å². The SMILES string of the molecule is FC(F)(F)c1ccccc1-c1nccn1Cc1cccc(Br)c1. The molecule has 118 valence electrons. The average Bonchev–Trinajstić information content (AvgIpc) is 2.94. The Balaban J connectivity index is 2.02. The molecule has 0 unspecified atom stereocenters. The number of alkyl halides is 3. The predicted octanol–water partition coefficient (Wildman–Crippen LogP) is 5.38. The number of hydrogen-bond donors (Lipinski definition) is 0. The first-order chi connectivity index (χ1) is 10.9. The first-order valence-electron chi connectivity index (χ1n) is 6.87. The Labute approximate surface area is 139 Å². The van der Waals surface area contributed by atoms with Gasteiger partial charge in [-0.2, -0.15) is 13.2 Å². The van der Waals surface area contributed by atoms with Gasteiger partial charge in [0, 0.05) is 29.0 Å². The molecule has 3 aromatic rings. The summed E-state index contributed by atoms with van der Waals surface area (Å²) in [7, 11) is 0. The Morgan fingerprint density at radius 1 is 1.04 bits per heavy atom. The van der Waals surface area contributed by atoms with E-state index < -0.39 is 11.7 Å². The van der Waals surface area contributed by atoms with Crippen LogP contribution < -0.4 is 0 Å². The fraction of sp³-hybridized carbons (Fsp3) is 0.118. The third kappa shape index (κ3) is 3.47. The van der Waals surface area contributed by atoms with Crippen molar-refractivity contribution in [3.05, 3.63) is 76.5 Å². The molecule has 0 radical (unpaired) electrons. The van der Waals surface area contributed by atoms with Crippen molar-refractivity contribution in [3.8, 4) is 11.4 Å². The topological polar surface area (TPSA) is 17.8 Å². The van der Waals surface area contributed by atoms with Crippen LogP contribution in [0.1, 0.15) is 11.1 Å². The van der Waals surface area contributed by atoms with E-state index >= 15 is 0 Å². The molecule has 2 nitrogen and oxygen atoms in total. The number of imidazole rings is 1. The van der Waals surface area contributed by atoms with E-state index in [2.05, 4.69) is 20.9 Å². The molecule has 0 aliphatic carbocycles. The number of aromatic nitrogens is 2. The number of hydrogen-bond acceptors (Lipinski definition) is 1. The van der Waals surface area contributed by atoms with Gasteiger partial charge < -0.3 is 4.57 Å². The molecule has 0 saturated carbocycles. The molecule has 2 aromatic carbocycles. The van der Waals surface area contributed by atoms with Gasteiger partial charge in [-0.1, -0.05) is 46.3 Å². The fourth-order valence-electron chi connectivity index (χ4n) is 2.44. The minimum Gasteiger partial charge on any atom is -0.327 e. The summed E-state index contributed by atoms with van der Waals surface area (Å²) in [4.78, 5) is 4.13. The molecule has 0 atom stereocenters. The van der Waals surface area contributed by atoms with Crippen molar-refractivity contribution in [2.24, 2.45) is 0 Å². The molecular formula is C17H12BrF3N2. The van der Waals surface area contributed by atoms with Gasteiger partial charge in [-0.25, -0.2) is 4.98 Å². The summed E-state index contributed by atoms with van der Waals surface area (Å²) in [5.74, 6) is 0.304. The number of benzene rings is 2. The third-order valence-electron chi connectivity index (χ3n) is 3.43. The summed E-state index contributed by atoms with van der Waals surface area (Å²) < 4.78 is 42.3. The van der Waals surface area contributed by atoms with Gasteiger partial charge >= 0.3 is 6.18 Å². The molecule has 6 heteroatoms. The minimum atomic E-state index is -4.41. The maximum Gasteiger partial charge on any atom is 0.417 e. The highest BCUT2D eigenvalue weighted by Gasteiger charge is 2.34. The normalized spacial score (nSPS) is 11.7. The lowest BCUT2D eigenvalue weighted by molar-refractivity contribution is -0.137. The molecule has 3 rings (SSSR count). The van der Waals surface area contributed by atoms with Gasteiger partial charge in [0.1, 0.15) is 5.82 Å². The standard InChI is InChI=1S/C17H12BrF3N2/c18-13-5-3-4-12(10-13)11-23-9-8-22-16(23)14-6-1-2-7-15(14)17(19,20)21/h1-10H,11H2. The second-order valence-corrected chi connectivity index (χ2v) is 5.97. The van der Waals surface area contributed by atoms with Crippen molar-refractivity contribution in [2.45, 2.75) is 12.7 Å². The molecule has 23 heavy (non-hydrogen) atoms. The van der Waals surface area contributed by atoms with Crippen molar-refractivity contribution >= 4 is 15.9 Å². The van der Waals surface area contributed by atoms with Crippen LogP contribution in [0.2, 0.25) is 0 Å². The van der Waals surface area contributed by atoms with Gasteiger partial charge in [0.05, 0.1) is 5.56 Å². The van der Waals surface area contributed by atoms with Gasteiger partial charge in [0.2, 0.25) is 0 Å². The number of nitrogens with zero attached hydrogens (tertiary/aromatic N) is 2. The Bertz CT molecular complexity index is 824. The van der Waals surface area contributed by atoms with Crippen molar-refractivity contribution < 1.29 is 13.2 Å². The number of halogens is 4. The molecule has 0 N–H and O–H groups in total. The van der Waals surface area contributed by atoms with E-state index in [1.807, 2.05) is 24.3 Å². The quantitative estimate of drug-likeness (QED) is 0.596. The Morgan fingerprint density at radius 3 is 2.57 bits per heavy atom. The van der Waals surface area contributed by atoms with E-state index in [0.29, 0.717) is 12.4 Å². The predicted molar refractivity (Wildman–Crippen MR) is 85.9 cm³/mol. The monoisotopic (exact) mass is 380 g/mol. The molecule has 0 amide bonds. The molecular weight excluding hydrogens is 369 g/mol. The molecule has 0 bridgehead atoms. The van der Waals surface area contributed by atoms with Crippen LogP contribution in [0.3, 0.4) is 0 Å². The van der Waals surface area contributed by atoms with Crippen LogP contribution in [-0.2, 0) is 12.7 Å². The van der Waals surface area contributed by atoms with Crippen LogP contribution in [0.15, 0.2) is 65.4 Å². The van der Waals surface area contributed by atoms with E-state index in [9.17, 15) is 13.2 Å². The maximum absolute atomic E-state index is 13.2. The van der Waals surface area contributed by atoms with Gasteiger partial charge in [-0.05, 0) is 23.8 Å². The Hall–Kier alpha value is -2.08. The zero-order chi connectivity index (χ0) is 16.4. The molecule has 0 saturated heterocycles. The first kappa shape index (κ1) is 15.8. The van der Waals surface area contributed by atoms with Crippen molar-refractivity contribution in [3.63, 3.8) is 0 Å². The number of rotatable bonds is 3. The molecule has 1 heterocycles. The molecule has 0 spiro atoms. The molecule has 0 fully saturated rings. The van der Waals surface area contributed by atoms with E-state index in [1.54, 1.807) is 16.8 Å². The van der Waals surface area contributed by atoms with Crippen LogP contribution in [-0.4, -0.2) is 9.55 Å². The summed E-state index contributed by atoms with van der Waals surface area (Å²) in [5, 5.41) is 0. The average molecular weight is 381 g/mol. The summed E-state index contributed by atoms with van der Waals surface area (Å²) in [6, 6.07) is 13.1.